The molecule has 1 unspecified atom stereocenters. The van der Waals surface area contributed by atoms with E-state index in [0.717, 1.165) is 32.2 Å². The molecule has 0 spiro atoms. The Labute approximate surface area is 138 Å². The second kappa shape index (κ2) is 7.94. The summed E-state index contributed by atoms with van der Waals surface area (Å²) in [6.45, 7) is 4.45. The third kappa shape index (κ3) is 4.44. The zero-order chi connectivity index (χ0) is 15.5. The standard InChI is InChI=1S/C15H22N2O3S.ClH/c1-3-9-17(13-7-8-16-11-13)15(18)12-5-4-6-14(10-12)21(2,19)20;/h4-6,10,13,16H,3,7-9,11H2,1-2H3;1H. The number of carbonyl (C=O) groups excluding carboxylic acids is 1. The summed E-state index contributed by atoms with van der Waals surface area (Å²) >= 11 is 0. The number of nitrogens with one attached hydrogen (secondary N) is 1. The molecule has 2 rings (SSSR count). The van der Waals surface area contributed by atoms with Crippen molar-refractivity contribution in [2.75, 3.05) is 25.9 Å². The molecule has 1 aliphatic rings. The van der Waals surface area contributed by atoms with E-state index in [9.17, 15) is 13.2 Å². The Hall–Kier alpha value is -1.11. The Kier molecular flexibility index (Phi) is 6.84. The van der Waals surface area contributed by atoms with Gasteiger partial charge in [0.15, 0.2) is 9.84 Å². The van der Waals surface area contributed by atoms with Gasteiger partial charge in [-0.3, -0.25) is 4.79 Å². The third-order valence-electron chi connectivity index (χ3n) is 3.71. The molecule has 0 radical (unpaired) electrons. The summed E-state index contributed by atoms with van der Waals surface area (Å²) in [7, 11) is -3.30. The molecule has 1 heterocycles. The number of benzene rings is 1. The lowest BCUT2D eigenvalue weighted by Crippen LogP contribution is -2.42. The van der Waals surface area contributed by atoms with Crippen molar-refractivity contribution in [1.29, 1.82) is 0 Å². The van der Waals surface area contributed by atoms with Crippen molar-refractivity contribution < 1.29 is 13.2 Å². The molecular weight excluding hydrogens is 324 g/mol. The Balaban J connectivity index is 0.00000242. The largest absolute Gasteiger partial charge is 0.334 e. The highest BCUT2D eigenvalue weighted by Gasteiger charge is 2.27. The van der Waals surface area contributed by atoms with E-state index in [1.165, 1.54) is 12.1 Å². The van der Waals surface area contributed by atoms with Crippen LogP contribution in [0.4, 0.5) is 0 Å². The molecule has 1 atom stereocenters. The Morgan fingerprint density at radius 1 is 1.41 bits per heavy atom. The Morgan fingerprint density at radius 3 is 2.68 bits per heavy atom. The van der Waals surface area contributed by atoms with E-state index in [-0.39, 0.29) is 29.3 Å². The van der Waals surface area contributed by atoms with Crippen LogP contribution in [0.2, 0.25) is 0 Å². The highest BCUT2D eigenvalue weighted by Crippen LogP contribution is 2.17. The summed E-state index contributed by atoms with van der Waals surface area (Å²) in [6.07, 6.45) is 2.98. The number of nitrogens with zero attached hydrogens (tertiary/aromatic N) is 1. The molecule has 1 saturated heterocycles. The SMILES string of the molecule is CCCN(C(=O)c1cccc(S(C)(=O)=O)c1)C1CCNC1.Cl. The molecule has 1 amide bonds. The molecule has 1 aromatic carbocycles. The zero-order valence-electron chi connectivity index (χ0n) is 12.9. The first-order chi connectivity index (χ1) is 9.93. The molecule has 0 aromatic heterocycles. The summed E-state index contributed by atoms with van der Waals surface area (Å²) in [5.74, 6) is -0.0870. The second-order valence-corrected chi connectivity index (χ2v) is 7.46. The number of sulfone groups is 1. The van der Waals surface area contributed by atoms with Gasteiger partial charge >= 0.3 is 0 Å². The fourth-order valence-electron chi connectivity index (χ4n) is 2.62. The van der Waals surface area contributed by atoms with Crippen molar-refractivity contribution in [3.63, 3.8) is 0 Å². The molecule has 22 heavy (non-hydrogen) atoms. The Bertz CT molecular complexity index is 613. The van der Waals surface area contributed by atoms with Crippen molar-refractivity contribution in [3.05, 3.63) is 29.8 Å². The topological polar surface area (TPSA) is 66.5 Å². The van der Waals surface area contributed by atoms with Gasteiger partial charge in [0.2, 0.25) is 0 Å². The van der Waals surface area contributed by atoms with E-state index < -0.39 is 9.84 Å². The molecule has 7 heteroatoms. The number of amides is 1. The molecule has 0 bridgehead atoms. The minimum Gasteiger partial charge on any atom is -0.334 e. The fraction of sp³-hybridized carbons (Fsp3) is 0.533. The minimum absolute atomic E-state index is 0. The first-order valence-corrected chi connectivity index (χ1v) is 9.14. The number of halogens is 1. The molecule has 0 saturated carbocycles. The van der Waals surface area contributed by atoms with Crippen molar-refractivity contribution >= 4 is 28.2 Å². The van der Waals surface area contributed by atoms with Crippen LogP contribution in [0.15, 0.2) is 29.2 Å². The lowest BCUT2D eigenvalue weighted by atomic mass is 10.1. The molecule has 5 nitrogen and oxygen atoms in total. The van der Waals surface area contributed by atoms with Gasteiger partial charge in [-0.1, -0.05) is 13.0 Å². The summed E-state index contributed by atoms with van der Waals surface area (Å²) in [4.78, 5) is 14.8. The van der Waals surface area contributed by atoms with Gasteiger partial charge in [0.1, 0.15) is 0 Å². The monoisotopic (exact) mass is 346 g/mol. The smallest absolute Gasteiger partial charge is 0.254 e. The molecular formula is C15H23ClN2O3S. The van der Waals surface area contributed by atoms with Gasteiger partial charge in [0.25, 0.3) is 5.91 Å². The van der Waals surface area contributed by atoms with Gasteiger partial charge in [-0.05, 0) is 37.6 Å². The van der Waals surface area contributed by atoms with Gasteiger partial charge in [0, 0.05) is 31.0 Å². The maximum Gasteiger partial charge on any atom is 0.254 e. The van der Waals surface area contributed by atoms with E-state index >= 15 is 0 Å². The predicted octanol–water partition coefficient (Wildman–Crippen LogP) is 1.73. The maximum atomic E-state index is 12.7. The fourth-order valence-corrected chi connectivity index (χ4v) is 3.29. The number of carbonyl (C=O) groups is 1. The van der Waals surface area contributed by atoms with E-state index in [2.05, 4.69) is 5.32 Å². The predicted molar refractivity (Wildman–Crippen MR) is 89.4 cm³/mol. The van der Waals surface area contributed by atoms with Crippen LogP contribution < -0.4 is 5.32 Å². The summed E-state index contributed by atoms with van der Waals surface area (Å²) in [6, 6.07) is 6.50. The maximum absolute atomic E-state index is 12.7. The second-order valence-electron chi connectivity index (χ2n) is 5.45. The number of hydrogen-bond acceptors (Lipinski definition) is 4. The molecule has 1 aromatic rings. The highest BCUT2D eigenvalue weighted by molar-refractivity contribution is 7.90. The number of hydrogen-bond donors (Lipinski definition) is 1. The van der Waals surface area contributed by atoms with Gasteiger partial charge in [-0.25, -0.2) is 8.42 Å². The van der Waals surface area contributed by atoms with Crippen molar-refractivity contribution in [3.8, 4) is 0 Å². The lowest BCUT2D eigenvalue weighted by molar-refractivity contribution is 0.0692. The first-order valence-electron chi connectivity index (χ1n) is 7.25. The van der Waals surface area contributed by atoms with Crippen LogP contribution in [0.3, 0.4) is 0 Å². The third-order valence-corrected chi connectivity index (χ3v) is 4.82. The molecule has 1 aliphatic heterocycles. The average Bonchev–Trinajstić information content (AvgIpc) is 2.97. The van der Waals surface area contributed by atoms with E-state index in [4.69, 9.17) is 0 Å². The Morgan fingerprint density at radius 2 is 2.14 bits per heavy atom. The van der Waals surface area contributed by atoms with Gasteiger partial charge in [-0.2, -0.15) is 0 Å². The van der Waals surface area contributed by atoms with Gasteiger partial charge in [0.05, 0.1) is 4.90 Å². The first kappa shape index (κ1) is 18.9. The van der Waals surface area contributed by atoms with Crippen LogP contribution in [-0.4, -0.2) is 51.2 Å². The molecule has 1 fully saturated rings. The molecule has 1 N–H and O–H groups in total. The number of rotatable bonds is 5. The van der Waals surface area contributed by atoms with Crippen LogP contribution in [0.25, 0.3) is 0 Å². The van der Waals surface area contributed by atoms with Crippen molar-refractivity contribution in [1.82, 2.24) is 10.2 Å². The summed E-state index contributed by atoms with van der Waals surface area (Å²) in [5.41, 5.74) is 0.443. The molecule has 124 valence electrons. The highest BCUT2D eigenvalue weighted by atomic mass is 35.5. The summed E-state index contributed by atoms with van der Waals surface area (Å²) < 4.78 is 23.2. The van der Waals surface area contributed by atoms with Gasteiger partial charge in [-0.15, -0.1) is 12.4 Å². The van der Waals surface area contributed by atoms with Gasteiger partial charge < -0.3 is 10.2 Å². The minimum atomic E-state index is -3.30. The quantitative estimate of drug-likeness (QED) is 0.881. The van der Waals surface area contributed by atoms with E-state index in [1.807, 2.05) is 11.8 Å². The van der Waals surface area contributed by atoms with Crippen LogP contribution in [0, 0.1) is 0 Å². The summed E-state index contributed by atoms with van der Waals surface area (Å²) in [5, 5.41) is 3.26. The van der Waals surface area contributed by atoms with Crippen LogP contribution in [0.5, 0.6) is 0 Å². The van der Waals surface area contributed by atoms with Crippen molar-refractivity contribution in [2.24, 2.45) is 0 Å². The van der Waals surface area contributed by atoms with Crippen LogP contribution in [0.1, 0.15) is 30.1 Å². The normalized spacial score (nSPS) is 17.8. The zero-order valence-corrected chi connectivity index (χ0v) is 14.5. The molecule has 0 aliphatic carbocycles. The van der Waals surface area contributed by atoms with Crippen LogP contribution in [-0.2, 0) is 9.84 Å². The van der Waals surface area contributed by atoms with Crippen LogP contribution >= 0.6 is 12.4 Å². The van der Waals surface area contributed by atoms with Crippen molar-refractivity contribution in [2.45, 2.75) is 30.7 Å². The average molecular weight is 347 g/mol. The van der Waals surface area contributed by atoms with E-state index in [1.54, 1.807) is 12.1 Å². The lowest BCUT2D eigenvalue weighted by Gasteiger charge is -2.28. The van der Waals surface area contributed by atoms with E-state index in [0.29, 0.717) is 12.1 Å².